The number of carbonyl (C=O) groups excluding carboxylic acids is 1. The van der Waals surface area contributed by atoms with Crippen molar-refractivity contribution in [3.8, 4) is 0 Å². The maximum absolute atomic E-state index is 12.3. The second-order valence-corrected chi connectivity index (χ2v) is 6.35. The van der Waals surface area contributed by atoms with E-state index in [-0.39, 0.29) is 11.5 Å². The third-order valence-corrected chi connectivity index (χ3v) is 4.94. The van der Waals surface area contributed by atoms with E-state index in [9.17, 15) is 4.79 Å². The number of hydrogen-bond acceptors (Lipinski definition) is 4. The highest BCUT2D eigenvalue weighted by molar-refractivity contribution is 5.83. The van der Waals surface area contributed by atoms with E-state index < -0.39 is 0 Å². The summed E-state index contributed by atoms with van der Waals surface area (Å²) < 4.78 is 11.3. The summed E-state index contributed by atoms with van der Waals surface area (Å²) in [6.45, 7) is 2.71. The molecule has 1 N–H and O–H groups in total. The van der Waals surface area contributed by atoms with Gasteiger partial charge in [-0.05, 0) is 25.7 Å². The molecule has 2 atom stereocenters. The Balaban J connectivity index is 1.48. The van der Waals surface area contributed by atoms with Crippen molar-refractivity contribution in [2.24, 2.45) is 5.92 Å². The van der Waals surface area contributed by atoms with Gasteiger partial charge in [0.05, 0.1) is 18.8 Å². The molecule has 1 spiro atoms. The summed E-state index contributed by atoms with van der Waals surface area (Å²) in [5.41, 5.74) is -0.147. The minimum absolute atomic E-state index is 0.147. The second-order valence-electron chi connectivity index (χ2n) is 6.35. The molecule has 108 valence electrons. The number of ketones is 1. The Kier molecular flexibility index (Phi) is 4.20. The molecule has 0 amide bonds. The standard InChI is InChI=1S/C15H25NO3/c17-14(10-16-13-3-1-2-4-13)12-5-7-19-15(9-12)6-8-18-11-15/h12-13,16H,1-11H2. The Hall–Kier alpha value is -0.450. The number of rotatable bonds is 4. The number of nitrogens with one attached hydrogen (secondary N) is 1. The van der Waals surface area contributed by atoms with Gasteiger partial charge in [0.2, 0.25) is 0 Å². The summed E-state index contributed by atoms with van der Waals surface area (Å²) in [5, 5.41) is 3.44. The van der Waals surface area contributed by atoms with Gasteiger partial charge in [-0.3, -0.25) is 4.79 Å². The highest BCUT2D eigenvalue weighted by Gasteiger charge is 2.42. The van der Waals surface area contributed by atoms with E-state index in [1.165, 1.54) is 25.7 Å². The third kappa shape index (κ3) is 3.18. The summed E-state index contributed by atoms with van der Waals surface area (Å²) in [4.78, 5) is 12.3. The van der Waals surface area contributed by atoms with Gasteiger partial charge in [0.1, 0.15) is 5.78 Å². The molecule has 2 unspecified atom stereocenters. The molecule has 3 aliphatic rings. The van der Waals surface area contributed by atoms with Gasteiger partial charge in [-0.15, -0.1) is 0 Å². The van der Waals surface area contributed by atoms with Gasteiger partial charge < -0.3 is 14.8 Å². The predicted molar refractivity (Wildman–Crippen MR) is 72.1 cm³/mol. The first-order chi connectivity index (χ1) is 9.27. The molecule has 0 bridgehead atoms. The zero-order chi connectivity index (χ0) is 13.1. The fourth-order valence-corrected chi connectivity index (χ4v) is 3.69. The quantitative estimate of drug-likeness (QED) is 0.842. The molecule has 3 rings (SSSR count). The van der Waals surface area contributed by atoms with Crippen molar-refractivity contribution in [3.05, 3.63) is 0 Å². The van der Waals surface area contributed by atoms with Gasteiger partial charge in [0.15, 0.2) is 0 Å². The first-order valence-corrected chi connectivity index (χ1v) is 7.75. The van der Waals surface area contributed by atoms with E-state index in [0.29, 0.717) is 31.6 Å². The zero-order valence-corrected chi connectivity index (χ0v) is 11.7. The molecule has 2 saturated heterocycles. The zero-order valence-electron chi connectivity index (χ0n) is 11.7. The van der Waals surface area contributed by atoms with Crippen LogP contribution in [-0.4, -0.2) is 43.8 Å². The van der Waals surface area contributed by atoms with Crippen LogP contribution in [-0.2, 0) is 14.3 Å². The lowest BCUT2D eigenvalue weighted by Gasteiger charge is -2.36. The number of ether oxygens (including phenoxy) is 2. The van der Waals surface area contributed by atoms with Crippen molar-refractivity contribution in [1.82, 2.24) is 5.32 Å². The van der Waals surface area contributed by atoms with Gasteiger partial charge in [0.25, 0.3) is 0 Å². The predicted octanol–water partition coefficient (Wildman–Crippen LogP) is 1.67. The lowest BCUT2D eigenvalue weighted by atomic mass is 9.83. The molecule has 1 aliphatic carbocycles. The Labute approximate surface area is 115 Å². The number of carbonyl (C=O) groups is 1. The fraction of sp³-hybridized carbons (Fsp3) is 0.933. The van der Waals surface area contributed by atoms with Crippen molar-refractivity contribution in [3.63, 3.8) is 0 Å². The highest BCUT2D eigenvalue weighted by atomic mass is 16.6. The Morgan fingerprint density at radius 3 is 2.79 bits per heavy atom. The Morgan fingerprint density at radius 1 is 1.21 bits per heavy atom. The van der Waals surface area contributed by atoms with Crippen LogP contribution < -0.4 is 5.32 Å². The van der Waals surface area contributed by atoms with E-state index in [1.807, 2.05) is 0 Å². The average molecular weight is 267 g/mol. The maximum Gasteiger partial charge on any atom is 0.149 e. The van der Waals surface area contributed by atoms with Gasteiger partial charge in [-0.1, -0.05) is 12.8 Å². The van der Waals surface area contributed by atoms with Gasteiger partial charge in [0, 0.05) is 31.6 Å². The van der Waals surface area contributed by atoms with Crippen LogP contribution >= 0.6 is 0 Å². The number of Topliss-reactive ketones (excluding diaryl/α,β-unsaturated/α-hetero) is 1. The monoisotopic (exact) mass is 267 g/mol. The van der Waals surface area contributed by atoms with Crippen molar-refractivity contribution in [2.75, 3.05) is 26.4 Å². The largest absolute Gasteiger partial charge is 0.378 e. The molecular weight excluding hydrogens is 242 g/mol. The molecule has 0 radical (unpaired) electrons. The molecule has 2 aliphatic heterocycles. The van der Waals surface area contributed by atoms with Crippen LogP contribution in [0.1, 0.15) is 44.9 Å². The molecule has 4 nitrogen and oxygen atoms in total. The minimum atomic E-state index is -0.147. The van der Waals surface area contributed by atoms with Crippen molar-refractivity contribution in [2.45, 2.75) is 56.6 Å². The molecule has 3 fully saturated rings. The lowest BCUT2D eigenvalue weighted by Crippen LogP contribution is -2.44. The Morgan fingerprint density at radius 2 is 2.05 bits per heavy atom. The van der Waals surface area contributed by atoms with Crippen LogP contribution in [0.3, 0.4) is 0 Å². The van der Waals surface area contributed by atoms with Gasteiger partial charge in [-0.25, -0.2) is 0 Å². The van der Waals surface area contributed by atoms with E-state index >= 15 is 0 Å². The molecular formula is C15H25NO3. The first-order valence-electron chi connectivity index (χ1n) is 7.75. The first kappa shape index (κ1) is 13.5. The average Bonchev–Trinajstić information content (AvgIpc) is 3.08. The molecule has 0 aromatic heterocycles. The molecule has 1 saturated carbocycles. The fourth-order valence-electron chi connectivity index (χ4n) is 3.69. The smallest absolute Gasteiger partial charge is 0.149 e. The minimum Gasteiger partial charge on any atom is -0.378 e. The summed E-state index contributed by atoms with van der Waals surface area (Å²) in [7, 11) is 0. The third-order valence-electron chi connectivity index (χ3n) is 4.94. The lowest BCUT2D eigenvalue weighted by molar-refractivity contribution is -0.136. The SMILES string of the molecule is O=C(CNC1CCCC1)C1CCOC2(CCOC2)C1. The number of hydrogen-bond donors (Lipinski definition) is 1. The van der Waals surface area contributed by atoms with Crippen molar-refractivity contribution >= 4 is 5.78 Å². The van der Waals surface area contributed by atoms with Crippen LogP contribution in [0.5, 0.6) is 0 Å². The second kappa shape index (κ2) is 5.90. The summed E-state index contributed by atoms with van der Waals surface area (Å²) >= 11 is 0. The molecule has 0 aromatic carbocycles. The van der Waals surface area contributed by atoms with Gasteiger partial charge in [-0.2, -0.15) is 0 Å². The van der Waals surface area contributed by atoms with Crippen LogP contribution in [0, 0.1) is 5.92 Å². The molecule has 19 heavy (non-hydrogen) atoms. The van der Waals surface area contributed by atoms with E-state index in [0.717, 1.165) is 25.9 Å². The topological polar surface area (TPSA) is 47.6 Å². The van der Waals surface area contributed by atoms with Crippen LogP contribution in [0.4, 0.5) is 0 Å². The molecule has 2 heterocycles. The van der Waals surface area contributed by atoms with Crippen LogP contribution in [0.15, 0.2) is 0 Å². The van der Waals surface area contributed by atoms with Crippen LogP contribution in [0.25, 0.3) is 0 Å². The van der Waals surface area contributed by atoms with Gasteiger partial charge >= 0.3 is 0 Å². The molecule has 0 aromatic rings. The van der Waals surface area contributed by atoms with Crippen molar-refractivity contribution in [1.29, 1.82) is 0 Å². The highest BCUT2D eigenvalue weighted by Crippen LogP contribution is 2.36. The summed E-state index contributed by atoms with van der Waals surface area (Å²) in [6, 6.07) is 0.576. The van der Waals surface area contributed by atoms with E-state index in [1.54, 1.807) is 0 Å². The Bertz CT molecular complexity index is 319. The van der Waals surface area contributed by atoms with E-state index in [2.05, 4.69) is 5.32 Å². The van der Waals surface area contributed by atoms with Crippen molar-refractivity contribution < 1.29 is 14.3 Å². The maximum atomic E-state index is 12.3. The van der Waals surface area contributed by atoms with E-state index in [4.69, 9.17) is 9.47 Å². The molecule has 4 heteroatoms. The summed E-state index contributed by atoms with van der Waals surface area (Å²) in [6.07, 6.45) is 7.78. The summed E-state index contributed by atoms with van der Waals surface area (Å²) in [5.74, 6) is 0.547. The normalized spacial score (nSPS) is 36.1. The van der Waals surface area contributed by atoms with Crippen LogP contribution in [0.2, 0.25) is 0 Å².